The lowest BCUT2D eigenvalue weighted by atomic mass is 10.2. The summed E-state index contributed by atoms with van der Waals surface area (Å²) in [7, 11) is 0. The van der Waals surface area contributed by atoms with Gasteiger partial charge in [-0.25, -0.2) is 9.37 Å². The Morgan fingerprint density at radius 1 is 1.44 bits per heavy atom. The van der Waals surface area contributed by atoms with Gasteiger partial charge in [-0.2, -0.15) is 0 Å². The Morgan fingerprint density at radius 3 is 2.83 bits per heavy atom. The number of thiazole rings is 1. The average Bonchev–Trinajstić information content (AvgIpc) is 3.10. The van der Waals surface area contributed by atoms with Gasteiger partial charge in [0.05, 0.1) is 5.69 Å². The van der Waals surface area contributed by atoms with Crippen molar-refractivity contribution in [2.24, 2.45) is 5.73 Å². The summed E-state index contributed by atoms with van der Waals surface area (Å²) in [6.07, 6.45) is 2.29. The molecule has 0 bridgehead atoms. The van der Waals surface area contributed by atoms with Gasteiger partial charge in [-0.15, -0.1) is 11.3 Å². The summed E-state index contributed by atoms with van der Waals surface area (Å²) in [6, 6.07) is 4.13. The number of aromatic nitrogens is 1. The molecule has 1 heterocycles. The molecule has 0 amide bonds. The summed E-state index contributed by atoms with van der Waals surface area (Å²) in [6.45, 7) is 0.448. The van der Waals surface area contributed by atoms with Gasteiger partial charge in [0.2, 0.25) is 0 Å². The fourth-order valence-electron chi connectivity index (χ4n) is 1.98. The number of phenolic OH excluding ortho intramolecular Hbond substituents is 1. The number of halogens is 1. The van der Waals surface area contributed by atoms with Crippen molar-refractivity contribution in [3.8, 4) is 16.3 Å². The second-order valence-electron chi connectivity index (χ2n) is 4.47. The van der Waals surface area contributed by atoms with E-state index in [0.717, 1.165) is 29.5 Å². The van der Waals surface area contributed by atoms with Gasteiger partial charge < -0.3 is 10.8 Å². The third kappa shape index (κ3) is 2.00. The Kier molecular flexibility index (Phi) is 2.80. The normalized spacial score (nSPS) is 15.0. The first-order valence-corrected chi connectivity index (χ1v) is 6.69. The van der Waals surface area contributed by atoms with Gasteiger partial charge in [0.15, 0.2) is 0 Å². The highest BCUT2D eigenvalue weighted by atomic mass is 32.1. The van der Waals surface area contributed by atoms with Crippen LogP contribution in [0.4, 0.5) is 4.39 Å². The molecule has 1 aliphatic carbocycles. The van der Waals surface area contributed by atoms with E-state index in [1.807, 2.05) is 0 Å². The van der Waals surface area contributed by atoms with Crippen LogP contribution in [0.5, 0.6) is 5.75 Å². The molecule has 94 valence electrons. The number of aromatic hydroxyl groups is 1. The van der Waals surface area contributed by atoms with E-state index in [1.54, 1.807) is 6.07 Å². The molecule has 1 aromatic carbocycles. The third-order valence-electron chi connectivity index (χ3n) is 3.06. The largest absolute Gasteiger partial charge is 0.508 e. The van der Waals surface area contributed by atoms with Crippen LogP contribution in [0.1, 0.15) is 29.3 Å². The lowest BCUT2D eigenvalue weighted by Crippen LogP contribution is -1.96. The molecule has 1 fully saturated rings. The predicted octanol–water partition coefficient (Wildman–Crippen LogP) is 2.99. The monoisotopic (exact) mass is 264 g/mol. The lowest BCUT2D eigenvalue weighted by molar-refractivity contribution is 0.469. The molecule has 1 aliphatic rings. The quantitative estimate of drug-likeness (QED) is 0.896. The Morgan fingerprint density at radius 2 is 2.22 bits per heavy atom. The van der Waals surface area contributed by atoms with E-state index in [0.29, 0.717) is 23.0 Å². The van der Waals surface area contributed by atoms with Crippen LogP contribution in [0.3, 0.4) is 0 Å². The number of hydrogen-bond donors (Lipinski definition) is 2. The fraction of sp³-hybridized carbons (Fsp3) is 0.308. The summed E-state index contributed by atoms with van der Waals surface area (Å²) in [5.74, 6) is -0.0161. The van der Waals surface area contributed by atoms with Gasteiger partial charge in [0, 0.05) is 29.0 Å². The maximum Gasteiger partial charge on any atom is 0.137 e. The molecule has 5 heteroatoms. The number of phenols is 1. The molecule has 1 aromatic heterocycles. The average molecular weight is 264 g/mol. The first-order chi connectivity index (χ1) is 8.69. The van der Waals surface area contributed by atoms with E-state index in [4.69, 9.17) is 5.73 Å². The van der Waals surface area contributed by atoms with Crippen molar-refractivity contribution in [3.63, 3.8) is 0 Å². The number of rotatable bonds is 3. The molecular formula is C13H13FN2OS. The molecule has 1 saturated carbocycles. The molecule has 0 saturated heterocycles. The number of nitrogens with two attached hydrogens (primary N) is 1. The highest BCUT2D eigenvalue weighted by molar-refractivity contribution is 7.15. The van der Waals surface area contributed by atoms with E-state index in [2.05, 4.69) is 4.98 Å². The Bertz CT molecular complexity index is 593. The van der Waals surface area contributed by atoms with Crippen LogP contribution in [0.25, 0.3) is 10.6 Å². The molecule has 3 rings (SSSR count). The smallest absolute Gasteiger partial charge is 0.137 e. The van der Waals surface area contributed by atoms with Crippen LogP contribution < -0.4 is 5.73 Å². The van der Waals surface area contributed by atoms with Crippen molar-refractivity contribution in [2.45, 2.75) is 25.3 Å². The summed E-state index contributed by atoms with van der Waals surface area (Å²) < 4.78 is 13.8. The fourth-order valence-corrected chi connectivity index (χ4v) is 3.03. The molecular weight excluding hydrogens is 251 g/mol. The summed E-state index contributed by atoms with van der Waals surface area (Å²) >= 11 is 1.44. The summed E-state index contributed by atoms with van der Waals surface area (Å²) in [5.41, 5.74) is 7.17. The van der Waals surface area contributed by atoms with Crippen molar-refractivity contribution in [3.05, 3.63) is 34.6 Å². The Hall–Kier alpha value is -1.46. The molecule has 2 aromatic rings. The van der Waals surface area contributed by atoms with Gasteiger partial charge in [-0.1, -0.05) is 0 Å². The zero-order valence-corrected chi connectivity index (χ0v) is 10.5. The van der Waals surface area contributed by atoms with Crippen LogP contribution in [0.15, 0.2) is 18.2 Å². The van der Waals surface area contributed by atoms with E-state index in [-0.39, 0.29) is 5.75 Å². The van der Waals surface area contributed by atoms with Crippen molar-refractivity contribution in [1.29, 1.82) is 0 Å². The third-order valence-corrected chi connectivity index (χ3v) is 4.19. The molecule has 0 spiro atoms. The maximum absolute atomic E-state index is 13.8. The van der Waals surface area contributed by atoms with Gasteiger partial charge in [-0.05, 0) is 25.0 Å². The molecule has 0 unspecified atom stereocenters. The van der Waals surface area contributed by atoms with Crippen LogP contribution in [-0.4, -0.2) is 10.1 Å². The van der Waals surface area contributed by atoms with Crippen LogP contribution in [0.2, 0.25) is 0 Å². The first kappa shape index (κ1) is 11.6. The van der Waals surface area contributed by atoms with Gasteiger partial charge in [0.25, 0.3) is 0 Å². The zero-order chi connectivity index (χ0) is 12.7. The van der Waals surface area contributed by atoms with Crippen molar-refractivity contribution >= 4 is 11.3 Å². The Balaban J connectivity index is 2.05. The number of nitrogens with zero attached hydrogens (tertiary/aromatic N) is 1. The Labute approximate surface area is 108 Å². The van der Waals surface area contributed by atoms with Crippen LogP contribution in [0, 0.1) is 5.82 Å². The molecule has 0 atom stereocenters. The molecule has 3 nitrogen and oxygen atoms in total. The van der Waals surface area contributed by atoms with Crippen molar-refractivity contribution in [2.75, 3.05) is 0 Å². The minimum atomic E-state index is -0.449. The minimum Gasteiger partial charge on any atom is -0.508 e. The molecule has 3 N–H and O–H groups in total. The lowest BCUT2D eigenvalue weighted by Gasteiger charge is -1.99. The van der Waals surface area contributed by atoms with Gasteiger partial charge in [0.1, 0.15) is 16.6 Å². The highest BCUT2D eigenvalue weighted by Gasteiger charge is 2.29. The number of benzene rings is 1. The molecule has 18 heavy (non-hydrogen) atoms. The summed E-state index contributed by atoms with van der Waals surface area (Å²) in [4.78, 5) is 5.56. The maximum atomic E-state index is 13.8. The molecule has 0 aliphatic heterocycles. The van der Waals surface area contributed by atoms with Crippen molar-refractivity contribution < 1.29 is 9.50 Å². The van der Waals surface area contributed by atoms with Gasteiger partial charge >= 0.3 is 0 Å². The second-order valence-corrected chi connectivity index (χ2v) is 5.55. The SMILES string of the molecule is NCc1sc(-c2ccc(O)cc2F)nc1C1CC1. The van der Waals surface area contributed by atoms with Crippen LogP contribution in [-0.2, 0) is 6.54 Å². The van der Waals surface area contributed by atoms with E-state index in [1.165, 1.54) is 17.4 Å². The minimum absolute atomic E-state index is 0.0747. The van der Waals surface area contributed by atoms with Crippen LogP contribution >= 0.6 is 11.3 Å². The van der Waals surface area contributed by atoms with E-state index in [9.17, 15) is 9.50 Å². The zero-order valence-electron chi connectivity index (χ0n) is 9.69. The van der Waals surface area contributed by atoms with E-state index >= 15 is 0 Å². The van der Waals surface area contributed by atoms with Crippen molar-refractivity contribution in [1.82, 2.24) is 4.98 Å². The standard InChI is InChI=1S/C13H13FN2OS/c14-10-5-8(17)3-4-9(10)13-16-12(7-1-2-7)11(6-15)18-13/h3-5,7,17H,1-2,6,15H2. The molecule has 0 radical (unpaired) electrons. The summed E-state index contributed by atoms with van der Waals surface area (Å²) in [5, 5.41) is 9.86. The number of hydrogen-bond acceptors (Lipinski definition) is 4. The van der Waals surface area contributed by atoms with Gasteiger partial charge in [-0.3, -0.25) is 0 Å². The highest BCUT2D eigenvalue weighted by Crippen LogP contribution is 2.44. The predicted molar refractivity (Wildman–Crippen MR) is 69.0 cm³/mol. The second kappa shape index (κ2) is 4.33. The first-order valence-electron chi connectivity index (χ1n) is 5.87. The topological polar surface area (TPSA) is 59.1 Å². The van der Waals surface area contributed by atoms with E-state index < -0.39 is 5.82 Å².